The highest BCUT2D eigenvalue weighted by Crippen LogP contribution is 2.27. The number of aryl methyl sites for hydroxylation is 1. The molecule has 0 fully saturated rings. The molecule has 3 rings (SSSR count). The number of hydrogen-bond donors (Lipinski definition) is 1. The maximum atomic E-state index is 12.2. The van der Waals surface area contributed by atoms with Crippen LogP contribution in [0, 0.1) is 13.8 Å². The van der Waals surface area contributed by atoms with Crippen LogP contribution in [-0.2, 0) is 4.79 Å². The number of benzene rings is 2. The van der Waals surface area contributed by atoms with Crippen LogP contribution in [0.4, 0.5) is 5.69 Å². The Morgan fingerprint density at radius 2 is 1.93 bits per heavy atom. The van der Waals surface area contributed by atoms with E-state index in [4.69, 9.17) is 9.15 Å². The Balaban J connectivity index is 1.74. The van der Waals surface area contributed by atoms with Crippen molar-refractivity contribution in [3.05, 3.63) is 69.6 Å². The zero-order valence-corrected chi connectivity index (χ0v) is 16.0. The number of carbonyl (C=O) groups excluding carboxylic acids is 1. The molecule has 0 spiro atoms. The molecule has 0 saturated carbocycles. The van der Waals surface area contributed by atoms with Crippen molar-refractivity contribution in [2.45, 2.75) is 33.6 Å². The summed E-state index contributed by atoms with van der Waals surface area (Å²) >= 11 is 0. The predicted octanol–water partition coefficient (Wildman–Crippen LogP) is 4.55. The zero-order valence-electron chi connectivity index (χ0n) is 16.0. The molecule has 2 aromatic carbocycles. The third-order valence-electron chi connectivity index (χ3n) is 4.62. The van der Waals surface area contributed by atoms with Crippen molar-refractivity contribution in [2.24, 2.45) is 0 Å². The molecule has 0 bridgehead atoms. The predicted molar refractivity (Wildman–Crippen MR) is 107 cm³/mol. The molecule has 1 heterocycles. The molecule has 3 aromatic rings. The SMILES string of the molecule is Cc1cccc(NC(=O)COc2ccc3c(C(C)C)cc(=O)oc3c2)c1C. The molecule has 0 radical (unpaired) electrons. The van der Waals surface area contributed by atoms with E-state index < -0.39 is 5.63 Å². The number of fused-ring (bicyclic) bond motifs is 1. The van der Waals surface area contributed by atoms with Gasteiger partial charge in [0.1, 0.15) is 11.3 Å². The van der Waals surface area contributed by atoms with Gasteiger partial charge in [0.05, 0.1) is 0 Å². The maximum Gasteiger partial charge on any atom is 0.336 e. The number of rotatable bonds is 5. The topological polar surface area (TPSA) is 68.5 Å². The number of anilines is 1. The highest BCUT2D eigenvalue weighted by molar-refractivity contribution is 5.92. The fraction of sp³-hybridized carbons (Fsp3) is 0.273. The Morgan fingerprint density at radius 1 is 1.15 bits per heavy atom. The lowest BCUT2D eigenvalue weighted by molar-refractivity contribution is -0.118. The molecule has 1 aromatic heterocycles. The van der Waals surface area contributed by atoms with Crippen molar-refractivity contribution < 1.29 is 13.9 Å². The highest BCUT2D eigenvalue weighted by atomic mass is 16.5. The van der Waals surface area contributed by atoms with E-state index in [1.807, 2.05) is 52.0 Å². The van der Waals surface area contributed by atoms with Gasteiger partial charge in [-0.3, -0.25) is 4.79 Å². The van der Waals surface area contributed by atoms with E-state index in [9.17, 15) is 9.59 Å². The van der Waals surface area contributed by atoms with Crippen LogP contribution in [0.5, 0.6) is 5.75 Å². The van der Waals surface area contributed by atoms with E-state index in [-0.39, 0.29) is 18.4 Å². The van der Waals surface area contributed by atoms with Gasteiger partial charge in [0.2, 0.25) is 0 Å². The molecule has 0 saturated heterocycles. The summed E-state index contributed by atoms with van der Waals surface area (Å²) in [6, 6.07) is 12.6. The second kappa shape index (κ2) is 7.66. The molecule has 0 atom stereocenters. The first-order valence-corrected chi connectivity index (χ1v) is 8.92. The second-order valence-electron chi connectivity index (χ2n) is 6.92. The average molecular weight is 365 g/mol. The Morgan fingerprint density at radius 3 is 2.67 bits per heavy atom. The van der Waals surface area contributed by atoms with E-state index in [1.54, 1.807) is 12.1 Å². The number of ether oxygens (including phenoxy) is 1. The highest BCUT2D eigenvalue weighted by Gasteiger charge is 2.11. The van der Waals surface area contributed by atoms with Crippen molar-refractivity contribution in [3.8, 4) is 5.75 Å². The maximum absolute atomic E-state index is 12.2. The van der Waals surface area contributed by atoms with Crippen LogP contribution in [0.3, 0.4) is 0 Å². The Hall–Kier alpha value is -3.08. The summed E-state index contributed by atoms with van der Waals surface area (Å²) in [5.41, 5.74) is 3.91. The largest absolute Gasteiger partial charge is 0.484 e. The minimum Gasteiger partial charge on any atom is -0.484 e. The van der Waals surface area contributed by atoms with Gasteiger partial charge in [0, 0.05) is 23.2 Å². The van der Waals surface area contributed by atoms with E-state index in [0.29, 0.717) is 11.3 Å². The van der Waals surface area contributed by atoms with Gasteiger partial charge in [-0.25, -0.2) is 4.79 Å². The van der Waals surface area contributed by atoms with Crippen molar-refractivity contribution in [3.63, 3.8) is 0 Å². The first kappa shape index (κ1) is 18.7. The average Bonchev–Trinajstić information content (AvgIpc) is 2.62. The molecule has 1 amide bonds. The summed E-state index contributed by atoms with van der Waals surface area (Å²) in [6.07, 6.45) is 0. The zero-order chi connectivity index (χ0) is 19.6. The van der Waals surface area contributed by atoms with Crippen molar-refractivity contribution in [1.82, 2.24) is 0 Å². The standard InChI is InChI=1S/C22H23NO4/c1-13(2)18-11-22(25)27-20-10-16(8-9-17(18)20)26-12-21(24)23-19-7-5-6-14(3)15(19)4/h5-11,13H,12H2,1-4H3,(H,23,24). The lowest BCUT2D eigenvalue weighted by Crippen LogP contribution is -2.20. The Labute approximate surface area is 158 Å². The summed E-state index contributed by atoms with van der Waals surface area (Å²) in [6.45, 7) is 7.87. The van der Waals surface area contributed by atoms with Crippen molar-refractivity contribution in [2.75, 3.05) is 11.9 Å². The van der Waals surface area contributed by atoms with E-state index in [1.165, 1.54) is 6.07 Å². The van der Waals surface area contributed by atoms with Crippen LogP contribution in [0.2, 0.25) is 0 Å². The van der Waals surface area contributed by atoms with Crippen LogP contribution in [0.1, 0.15) is 36.5 Å². The molecule has 5 nitrogen and oxygen atoms in total. The van der Waals surface area contributed by atoms with E-state index >= 15 is 0 Å². The third-order valence-corrected chi connectivity index (χ3v) is 4.62. The summed E-state index contributed by atoms with van der Waals surface area (Å²) in [5, 5.41) is 3.73. The fourth-order valence-electron chi connectivity index (χ4n) is 2.96. The van der Waals surface area contributed by atoms with Gasteiger partial charge in [0.15, 0.2) is 6.61 Å². The Bertz CT molecular complexity index is 1050. The summed E-state index contributed by atoms with van der Waals surface area (Å²) in [4.78, 5) is 24.0. The van der Waals surface area contributed by atoms with Gasteiger partial charge in [-0.05, 0) is 54.7 Å². The van der Waals surface area contributed by atoms with Crippen LogP contribution in [-0.4, -0.2) is 12.5 Å². The van der Waals surface area contributed by atoms with Gasteiger partial charge in [-0.15, -0.1) is 0 Å². The number of hydrogen-bond acceptors (Lipinski definition) is 4. The third kappa shape index (κ3) is 4.19. The molecule has 0 unspecified atom stereocenters. The summed E-state index contributed by atoms with van der Waals surface area (Å²) in [5.74, 6) is 0.426. The van der Waals surface area contributed by atoms with Gasteiger partial charge in [0.25, 0.3) is 5.91 Å². The quantitative estimate of drug-likeness (QED) is 0.674. The fourth-order valence-corrected chi connectivity index (χ4v) is 2.96. The van der Waals surface area contributed by atoms with E-state index in [2.05, 4.69) is 5.32 Å². The summed E-state index contributed by atoms with van der Waals surface area (Å²) in [7, 11) is 0. The minimum absolute atomic E-state index is 0.132. The van der Waals surface area contributed by atoms with Crippen molar-refractivity contribution in [1.29, 1.82) is 0 Å². The summed E-state index contributed by atoms with van der Waals surface area (Å²) < 4.78 is 10.9. The monoisotopic (exact) mass is 365 g/mol. The minimum atomic E-state index is -0.393. The van der Waals surface area contributed by atoms with Gasteiger partial charge >= 0.3 is 5.63 Å². The first-order chi connectivity index (χ1) is 12.8. The Kier molecular flexibility index (Phi) is 5.31. The molecule has 0 aliphatic carbocycles. The second-order valence-corrected chi connectivity index (χ2v) is 6.92. The smallest absolute Gasteiger partial charge is 0.336 e. The van der Waals surface area contributed by atoms with Crippen molar-refractivity contribution >= 4 is 22.6 Å². The van der Waals surface area contributed by atoms with Crippen LogP contribution >= 0.6 is 0 Å². The molecule has 0 aliphatic rings. The molecule has 5 heteroatoms. The van der Waals surface area contributed by atoms with E-state index in [0.717, 1.165) is 27.8 Å². The van der Waals surface area contributed by atoms with Gasteiger partial charge in [-0.1, -0.05) is 26.0 Å². The van der Waals surface area contributed by atoms with Gasteiger partial charge < -0.3 is 14.5 Å². The molecule has 27 heavy (non-hydrogen) atoms. The van der Waals surface area contributed by atoms with Crippen LogP contribution in [0.15, 0.2) is 51.7 Å². The molecule has 140 valence electrons. The normalized spacial score (nSPS) is 11.0. The molecule has 0 aliphatic heterocycles. The lowest BCUT2D eigenvalue weighted by atomic mass is 10.00. The number of carbonyl (C=O) groups is 1. The number of amides is 1. The number of nitrogens with one attached hydrogen (secondary N) is 1. The molecular weight excluding hydrogens is 342 g/mol. The van der Waals surface area contributed by atoms with Crippen LogP contribution in [0.25, 0.3) is 11.0 Å². The molecular formula is C22H23NO4. The van der Waals surface area contributed by atoms with Gasteiger partial charge in [-0.2, -0.15) is 0 Å². The van der Waals surface area contributed by atoms with Crippen LogP contribution < -0.4 is 15.7 Å². The molecule has 1 N–H and O–H groups in total. The lowest BCUT2D eigenvalue weighted by Gasteiger charge is -2.12. The first-order valence-electron chi connectivity index (χ1n) is 8.92.